The molecule has 1 heterocycles. The molecule has 120 valence electrons. The highest BCUT2D eigenvalue weighted by Crippen LogP contribution is 2.21. The second-order valence-electron chi connectivity index (χ2n) is 5.83. The van der Waals surface area contributed by atoms with E-state index < -0.39 is 0 Å². The number of benzene rings is 2. The molecule has 5 nitrogen and oxygen atoms in total. The Balaban J connectivity index is 1.63. The number of hydrogen-bond donors (Lipinski definition) is 2. The molecular weight excluding hydrogens is 290 g/mol. The summed E-state index contributed by atoms with van der Waals surface area (Å²) >= 11 is 0. The van der Waals surface area contributed by atoms with Crippen LogP contribution in [0.3, 0.4) is 0 Å². The van der Waals surface area contributed by atoms with Gasteiger partial charge in [0.15, 0.2) is 0 Å². The van der Waals surface area contributed by atoms with Crippen LogP contribution in [0.5, 0.6) is 11.5 Å². The monoisotopic (exact) mass is 312 g/mol. The summed E-state index contributed by atoms with van der Waals surface area (Å²) in [6.45, 7) is 3.82. The van der Waals surface area contributed by atoms with Crippen LogP contribution in [0, 0.1) is 0 Å². The highest BCUT2D eigenvalue weighted by atomic mass is 16.5. The fraction of sp³-hybridized carbons (Fsp3) is 0.278. The van der Waals surface area contributed by atoms with Crippen molar-refractivity contribution in [2.24, 2.45) is 0 Å². The topological polar surface area (TPSA) is 46.0 Å². The summed E-state index contributed by atoms with van der Waals surface area (Å²) in [6.07, 6.45) is 0. The highest BCUT2D eigenvalue weighted by molar-refractivity contribution is 5.94. The van der Waals surface area contributed by atoms with Gasteiger partial charge in [-0.05, 0) is 30.3 Å². The third kappa shape index (κ3) is 4.31. The van der Waals surface area contributed by atoms with Gasteiger partial charge in [-0.2, -0.15) is 0 Å². The van der Waals surface area contributed by atoms with Crippen LogP contribution in [0.2, 0.25) is 0 Å². The van der Waals surface area contributed by atoms with E-state index in [1.54, 1.807) is 12.1 Å². The van der Waals surface area contributed by atoms with Gasteiger partial charge < -0.3 is 9.64 Å². The average Bonchev–Trinajstić information content (AvgIpc) is 2.58. The van der Waals surface area contributed by atoms with Crippen molar-refractivity contribution in [2.45, 2.75) is 0 Å². The lowest BCUT2D eigenvalue weighted by molar-refractivity contribution is -0.884. The zero-order chi connectivity index (χ0) is 16.1. The van der Waals surface area contributed by atoms with Gasteiger partial charge in [0, 0.05) is 5.56 Å². The maximum absolute atomic E-state index is 12.4. The van der Waals surface area contributed by atoms with E-state index in [9.17, 15) is 4.79 Å². The average molecular weight is 312 g/mol. The highest BCUT2D eigenvalue weighted by Gasteiger charge is 2.19. The van der Waals surface area contributed by atoms with Gasteiger partial charge in [-0.25, -0.2) is 5.01 Å². The minimum Gasteiger partial charge on any atom is -0.457 e. The molecule has 1 saturated heterocycles. The Morgan fingerprint density at radius 3 is 2.48 bits per heavy atom. The predicted octanol–water partition coefficient (Wildman–Crippen LogP) is 0.954. The smallest absolute Gasteiger partial charge is 0.265 e. The summed E-state index contributed by atoms with van der Waals surface area (Å²) < 4.78 is 5.78. The van der Waals surface area contributed by atoms with Gasteiger partial charge in [-0.1, -0.05) is 24.3 Å². The SMILES string of the molecule is C[NH+]1CCN(NC(=O)c2cccc(Oc3ccccc3)c2)CC1. The summed E-state index contributed by atoms with van der Waals surface area (Å²) in [5.74, 6) is 1.32. The van der Waals surface area contributed by atoms with E-state index in [1.807, 2.05) is 47.5 Å². The number of ether oxygens (including phenoxy) is 1. The molecule has 0 aliphatic carbocycles. The molecule has 0 saturated carbocycles. The van der Waals surface area contributed by atoms with Crippen molar-refractivity contribution in [1.29, 1.82) is 0 Å². The summed E-state index contributed by atoms with van der Waals surface area (Å²) in [5.41, 5.74) is 3.57. The minimum atomic E-state index is -0.0944. The molecule has 1 fully saturated rings. The molecule has 3 rings (SSSR count). The molecule has 1 aliphatic heterocycles. The van der Waals surface area contributed by atoms with Gasteiger partial charge in [0.05, 0.1) is 33.2 Å². The molecule has 0 spiro atoms. The van der Waals surface area contributed by atoms with Gasteiger partial charge in [-0.15, -0.1) is 0 Å². The summed E-state index contributed by atoms with van der Waals surface area (Å²) in [6, 6.07) is 16.8. The molecule has 0 radical (unpaired) electrons. The Labute approximate surface area is 136 Å². The number of piperazine rings is 1. The number of para-hydroxylation sites is 1. The number of likely N-dealkylation sites (N-methyl/N-ethyl adjacent to an activating group) is 1. The van der Waals surface area contributed by atoms with Gasteiger partial charge in [-0.3, -0.25) is 10.2 Å². The Hall–Kier alpha value is -2.37. The zero-order valence-corrected chi connectivity index (χ0v) is 13.3. The van der Waals surface area contributed by atoms with Crippen LogP contribution in [0.15, 0.2) is 54.6 Å². The van der Waals surface area contributed by atoms with Crippen molar-refractivity contribution in [3.8, 4) is 11.5 Å². The summed E-state index contributed by atoms with van der Waals surface area (Å²) in [4.78, 5) is 13.9. The number of carbonyl (C=O) groups is 1. The lowest BCUT2D eigenvalue weighted by Crippen LogP contribution is -3.12. The maximum atomic E-state index is 12.4. The molecule has 0 unspecified atom stereocenters. The third-order valence-corrected chi connectivity index (χ3v) is 3.95. The lowest BCUT2D eigenvalue weighted by atomic mass is 10.2. The van der Waals surface area contributed by atoms with Gasteiger partial charge in [0.1, 0.15) is 11.5 Å². The van der Waals surface area contributed by atoms with Crippen molar-refractivity contribution in [2.75, 3.05) is 33.2 Å². The number of carbonyl (C=O) groups excluding carboxylic acids is 1. The van der Waals surface area contributed by atoms with Crippen LogP contribution < -0.4 is 15.1 Å². The normalized spacial score (nSPS) is 16.0. The fourth-order valence-electron chi connectivity index (χ4n) is 2.53. The molecule has 0 atom stereocenters. The Morgan fingerprint density at radius 2 is 1.74 bits per heavy atom. The van der Waals surface area contributed by atoms with E-state index in [0.717, 1.165) is 31.9 Å². The Morgan fingerprint density at radius 1 is 1.04 bits per heavy atom. The van der Waals surface area contributed by atoms with E-state index >= 15 is 0 Å². The summed E-state index contributed by atoms with van der Waals surface area (Å²) in [7, 11) is 2.17. The number of rotatable bonds is 4. The number of nitrogens with one attached hydrogen (secondary N) is 2. The van der Waals surface area contributed by atoms with Gasteiger partial charge in [0.25, 0.3) is 5.91 Å². The first-order valence-electron chi connectivity index (χ1n) is 7.91. The minimum absolute atomic E-state index is 0.0944. The number of nitrogens with zero attached hydrogens (tertiary/aromatic N) is 1. The Kier molecular flexibility index (Phi) is 4.90. The molecule has 5 heteroatoms. The second-order valence-corrected chi connectivity index (χ2v) is 5.83. The van der Waals surface area contributed by atoms with Crippen LogP contribution in [0.4, 0.5) is 0 Å². The van der Waals surface area contributed by atoms with E-state index in [-0.39, 0.29) is 5.91 Å². The maximum Gasteiger partial charge on any atom is 0.265 e. The summed E-state index contributed by atoms with van der Waals surface area (Å²) in [5, 5.41) is 1.99. The van der Waals surface area contributed by atoms with E-state index in [2.05, 4.69) is 12.5 Å². The van der Waals surface area contributed by atoms with Gasteiger partial charge in [0.2, 0.25) is 0 Å². The van der Waals surface area contributed by atoms with Crippen LogP contribution in [0.1, 0.15) is 10.4 Å². The van der Waals surface area contributed by atoms with Crippen molar-refractivity contribution in [1.82, 2.24) is 10.4 Å². The number of hydrogen-bond acceptors (Lipinski definition) is 3. The Bertz CT molecular complexity index is 652. The molecule has 2 aromatic carbocycles. The largest absolute Gasteiger partial charge is 0.457 e. The van der Waals surface area contributed by atoms with Gasteiger partial charge >= 0.3 is 0 Å². The number of quaternary nitrogens is 1. The molecule has 1 amide bonds. The zero-order valence-electron chi connectivity index (χ0n) is 13.3. The first-order chi connectivity index (χ1) is 11.2. The molecular formula is C18H22N3O2+. The first kappa shape index (κ1) is 15.5. The van der Waals surface area contributed by atoms with Crippen molar-refractivity contribution in [3.63, 3.8) is 0 Å². The fourth-order valence-corrected chi connectivity index (χ4v) is 2.53. The quantitative estimate of drug-likeness (QED) is 0.884. The third-order valence-electron chi connectivity index (χ3n) is 3.95. The predicted molar refractivity (Wildman–Crippen MR) is 88.6 cm³/mol. The number of amides is 1. The first-order valence-corrected chi connectivity index (χ1v) is 7.91. The van der Waals surface area contributed by atoms with Crippen LogP contribution in [0.25, 0.3) is 0 Å². The second kappa shape index (κ2) is 7.26. The molecule has 2 N–H and O–H groups in total. The number of hydrazine groups is 1. The molecule has 2 aromatic rings. The molecule has 23 heavy (non-hydrogen) atoms. The van der Waals surface area contributed by atoms with Crippen molar-refractivity contribution < 1.29 is 14.4 Å². The van der Waals surface area contributed by atoms with Crippen LogP contribution in [-0.4, -0.2) is 44.1 Å². The van der Waals surface area contributed by atoms with Crippen LogP contribution >= 0.6 is 0 Å². The van der Waals surface area contributed by atoms with E-state index in [4.69, 9.17) is 4.74 Å². The van der Waals surface area contributed by atoms with Crippen LogP contribution in [-0.2, 0) is 0 Å². The lowest BCUT2D eigenvalue weighted by Gasteiger charge is -2.30. The molecule has 1 aliphatic rings. The molecule has 0 aromatic heterocycles. The van der Waals surface area contributed by atoms with E-state index in [0.29, 0.717) is 11.3 Å². The van der Waals surface area contributed by atoms with E-state index in [1.165, 1.54) is 4.90 Å². The standard InChI is InChI=1S/C18H21N3O2/c1-20-10-12-21(13-11-20)19-18(22)15-6-5-9-17(14-15)23-16-7-3-2-4-8-16/h2-9,14H,10-13H2,1H3,(H,19,22)/p+1. The van der Waals surface area contributed by atoms with Crippen molar-refractivity contribution in [3.05, 3.63) is 60.2 Å². The molecule has 0 bridgehead atoms. The van der Waals surface area contributed by atoms with Crippen molar-refractivity contribution >= 4 is 5.91 Å².